The van der Waals surface area contributed by atoms with Crippen molar-refractivity contribution in [3.05, 3.63) is 22.4 Å². The molecule has 0 N–H and O–H groups in total. The molecule has 1 aromatic rings. The molecule has 1 amide bonds. The van der Waals surface area contributed by atoms with Crippen LogP contribution in [0.3, 0.4) is 0 Å². The fourth-order valence-electron chi connectivity index (χ4n) is 1.31. The Morgan fingerprint density at radius 1 is 1.44 bits per heavy atom. The Balaban J connectivity index is 2.52. The lowest BCUT2D eigenvalue weighted by atomic mass is 10.3. The molecule has 16 heavy (non-hydrogen) atoms. The first kappa shape index (κ1) is 13.2. The second-order valence-corrected chi connectivity index (χ2v) is 4.15. The largest absolute Gasteiger partial charge is 0.383 e. The van der Waals surface area contributed by atoms with Gasteiger partial charge in [-0.15, -0.1) is 0 Å². The van der Waals surface area contributed by atoms with Crippen LogP contribution >= 0.6 is 11.3 Å². The maximum atomic E-state index is 11.7. The number of nitrogens with zero attached hydrogens (tertiary/aromatic N) is 1. The third-order valence-electron chi connectivity index (χ3n) is 2.14. The SMILES string of the molecule is COCCN(Cc1ccsc1)C(=O)COC. The third-order valence-corrected chi connectivity index (χ3v) is 2.87. The summed E-state index contributed by atoms with van der Waals surface area (Å²) < 4.78 is 9.84. The van der Waals surface area contributed by atoms with Gasteiger partial charge in [0.1, 0.15) is 6.61 Å². The summed E-state index contributed by atoms with van der Waals surface area (Å²) in [6, 6.07) is 2.02. The van der Waals surface area contributed by atoms with Crippen molar-refractivity contribution < 1.29 is 14.3 Å². The second kappa shape index (κ2) is 7.38. The number of carbonyl (C=O) groups is 1. The summed E-state index contributed by atoms with van der Waals surface area (Å²) in [5.41, 5.74) is 1.14. The van der Waals surface area contributed by atoms with Gasteiger partial charge in [-0.3, -0.25) is 4.79 Å². The van der Waals surface area contributed by atoms with Gasteiger partial charge in [0.25, 0.3) is 0 Å². The van der Waals surface area contributed by atoms with Gasteiger partial charge in [0.15, 0.2) is 0 Å². The van der Waals surface area contributed by atoms with E-state index in [4.69, 9.17) is 9.47 Å². The number of ether oxygens (including phenoxy) is 2. The zero-order valence-electron chi connectivity index (χ0n) is 9.64. The number of methoxy groups -OCH3 is 2. The van der Waals surface area contributed by atoms with E-state index in [-0.39, 0.29) is 12.5 Å². The summed E-state index contributed by atoms with van der Waals surface area (Å²) in [5, 5.41) is 4.05. The van der Waals surface area contributed by atoms with E-state index in [1.807, 2.05) is 16.8 Å². The van der Waals surface area contributed by atoms with Crippen molar-refractivity contribution in [1.82, 2.24) is 4.90 Å². The summed E-state index contributed by atoms with van der Waals surface area (Å²) in [7, 11) is 3.15. The van der Waals surface area contributed by atoms with Gasteiger partial charge in [-0.05, 0) is 22.4 Å². The first-order valence-electron chi connectivity index (χ1n) is 5.04. The molecular weight excluding hydrogens is 226 g/mol. The van der Waals surface area contributed by atoms with E-state index < -0.39 is 0 Å². The summed E-state index contributed by atoms with van der Waals surface area (Å²) in [4.78, 5) is 13.5. The lowest BCUT2D eigenvalue weighted by Gasteiger charge is -2.21. The molecule has 0 aliphatic rings. The molecule has 0 saturated heterocycles. The van der Waals surface area contributed by atoms with Crippen molar-refractivity contribution in [3.8, 4) is 0 Å². The van der Waals surface area contributed by atoms with Gasteiger partial charge >= 0.3 is 0 Å². The predicted octanol–water partition coefficient (Wildman–Crippen LogP) is 1.37. The van der Waals surface area contributed by atoms with Crippen LogP contribution in [0.5, 0.6) is 0 Å². The third kappa shape index (κ3) is 4.30. The molecule has 4 nitrogen and oxygen atoms in total. The molecule has 1 aromatic heterocycles. The molecule has 0 saturated carbocycles. The topological polar surface area (TPSA) is 38.8 Å². The number of thiophene rings is 1. The van der Waals surface area contributed by atoms with Gasteiger partial charge in [-0.1, -0.05) is 0 Å². The first-order valence-corrected chi connectivity index (χ1v) is 5.99. The number of hydrogen-bond acceptors (Lipinski definition) is 4. The van der Waals surface area contributed by atoms with Gasteiger partial charge in [-0.25, -0.2) is 0 Å². The first-order chi connectivity index (χ1) is 7.77. The molecule has 0 atom stereocenters. The standard InChI is InChI=1S/C11H17NO3S/c1-14-5-4-12(11(13)8-15-2)7-10-3-6-16-9-10/h3,6,9H,4-5,7-8H2,1-2H3. The Bertz CT molecular complexity index is 300. The second-order valence-electron chi connectivity index (χ2n) is 3.37. The number of rotatable bonds is 7. The molecule has 0 spiro atoms. The van der Waals surface area contributed by atoms with E-state index in [0.29, 0.717) is 19.7 Å². The summed E-state index contributed by atoms with van der Waals surface area (Å²) in [5.74, 6) is -0.00856. The van der Waals surface area contributed by atoms with E-state index in [1.165, 1.54) is 7.11 Å². The molecule has 0 unspecified atom stereocenters. The highest BCUT2D eigenvalue weighted by Gasteiger charge is 2.13. The molecule has 0 aliphatic carbocycles. The quantitative estimate of drug-likeness (QED) is 0.726. The smallest absolute Gasteiger partial charge is 0.248 e. The Morgan fingerprint density at radius 3 is 2.81 bits per heavy atom. The molecule has 90 valence electrons. The lowest BCUT2D eigenvalue weighted by Crippen LogP contribution is -2.35. The highest BCUT2D eigenvalue weighted by molar-refractivity contribution is 7.07. The van der Waals surface area contributed by atoms with Crippen molar-refractivity contribution in [2.24, 2.45) is 0 Å². The molecule has 0 aliphatic heterocycles. The highest BCUT2D eigenvalue weighted by Crippen LogP contribution is 2.09. The number of hydrogen-bond donors (Lipinski definition) is 0. The van der Waals surface area contributed by atoms with Crippen molar-refractivity contribution in [3.63, 3.8) is 0 Å². The van der Waals surface area contributed by atoms with Crippen molar-refractivity contribution >= 4 is 17.2 Å². The van der Waals surface area contributed by atoms with Crippen LogP contribution in [0.2, 0.25) is 0 Å². The van der Waals surface area contributed by atoms with Gasteiger partial charge in [-0.2, -0.15) is 11.3 Å². The van der Waals surface area contributed by atoms with Crippen molar-refractivity contribution in [1.29, 1.82) is 0 Å². The van der Waals surface area contributed by atoms with Crippen LogP contribution in [0.15, 0.2) is 16.8 Å². The maximum Gasteiger partial charge on any atom is 0.248 e. The monoisotopic (exact) mass is 243 g/mol. The van der Waals surface area contributed by atoms with Gasteiger partial charge < -0.3 is 14.4 Å². The highest BCUT2D eigenvalue weighted by atomic mass is 32.1. The summed E-state index contributed by atoms with van der Waals surface area (Å²) in [6.07, 6.45) is 0. The van der Waals surface area contributed by atoms with E-state index in [0.717, 1.165) is 5.56 Å². The van der Waals surface area contributed by atoms with Crippen LogP contribution in [0.25, 0.3) is 0 Å². The molecule has 5 heteroatoms. The average molecular weight is 243 g/mol. The van der Waals surface area contributed by atoms with Crippen molar-refractivity contribution in [2.75, 3.05) is 34.0 Å². The van der Waals surface area contributed by atoms with Gasteiger partial charge in [0.05, 0.1) is 6.61 Å². The Kier molecular flexibility index (Phi) is 6.07. The number of carbonyl (C=O) groups excluding carboxylic acids is 1. The normalized spacial score (nSPS) is 10.4. The molecule has 0 radical (unpaired) electrons. The van der Waals surface area contributed by atoms with Crippen LogP contribution in [0.4, 0.5) is 0 Å². The van der Waals surface area contributed by atoms with E-state index >= 15 is 0 Å². The van der Waals surface area contributed by atoms with Crippen LogP contribution in [0, 0.1) is 0 Å². The van der Waals surface area contributed by atoms with E-state index in [2.05, 4.69) is 0 Å². The van der Waals surface area contributed by atoms with Crippen LogP contribution in [-0.4, -0.2) is 44.8 Å². The minimum absolute atomic E-state index is 0.00856. The molecule has 0 bridgehead atoms. The number of amides is 1. The minimum atomic E-state index is -0.00856. The van der Waals surface area contributed by atoms with E-state index in [9.17, 15) is 4.79 Å². The van der Waals surface area contributed by atoms with Crippen molar-refractivity contribution in [2.45, 2.75) is 6.54 Å². The Labute approximate surface area is 99.8 Å². The molecular formula is C11H17NO3S. The van der Waals surface area contributed by atoms with Crippen LogP contribution in [0.1, 0.15) is 5.56 Å². The zero-order chi connectivity index (χ0) is 11.8. The molecule has 0 aromatic carbocycles. The Morgan fingerprint density at radius 2 is 2.25 bits per heavy atom. The fraction of sp³-hybridized carbons (Fsp3) is 0.545. The van der Waals surface area contributed by atoms with Gasteiger partial charge in [0, 0.05) is 27.3 Å². The summed E-state index contributed by atoms with van der Waals surface area (Å²) in [6.45, 7) is 1.87. The van der Waals surface area contributed by atoms with E-state index in [1.54, 1.807) is 23.3 Å². The average Bonchev–Trinajstić information content (AvgIpc) is 2.77. The van der Waals surface area contributed by atoms with Crippen LogP contribution < -0.4 is 0 Å². The lowest BCUT2D eigenvalue weighted by molar-refractivity contribution is -0.136. The summed E-state index contributed by atoms with van der Waals surface area (Å²) >= 11 is 1.63. The fourth-order valence-corrected chi connectivity index (χ4v) is 1.97. The zero-order valence-corrected chi connectivity index (χ0v) is 10.5. The molecule has 0 fully saturated rings. The maximum absolute atomic E-state index is 11.7. The van der Waals surface area contributed by atoms with Crippen LogP contribution in [-0.2, 0) is 20.8 Å². The van der Waals surface area contributed by atoms with Gasteiger partial charge in [0.2, 0.25) is 5.91 Å². The Hall–Kier alpha value is -0.910. The molecule has 1 heterocycles. The molecule has 1 rings (SSSR count). The predicted molar refractivity (Wildman–Crippen MR) is 63.5 cm³/mol. The minimum Gasteiger partial charge on any atom is -0.383 e.